The highest BCUT2D eigenvalue weighted by atomic mass is 79.9. The SMILES string of the molecule is CCCCCCCCCC[N+](C)(CCO)C1CCCCC1.[Br-]. The highest BCUT2D eigenvalue weighted by Crippen LogP contribution is 2.27. The van der Waals surface area contributed by atoms with Gasteiger partial charge in [0.25, 0.3) is 0 Å². The van der Waals surface area contributed by atoms with Crippen LogP contribution >= 0.6 is 0 Å². The first-order chi connectivity index (χ1) is 10.2. The van der Waals surface area contributed by atoms with Gasteiger partial charge in [-0.15, -0.1) is 0 Å². The third-order valence-corrected chi connectivity index (χ3v) is 5.59. The number of likely N-dealkylation sites (N-methyl/N-ethyl adjacent to an activating group) is 1. The van der Waals surface area contributed by atoms with Gasteiger partial charge in [0, 0.05) is 0 Å². The summed E-state index contributed by atoms with van der Waals surface area (Å²) in [4.78, 5) is 0. The van der Waals surface area contributed by atoms with Crippen LogP contribution in [0.5, 0.6) is 0 Å². The van der Waals surface area contributed by atoms with Crippen LogP contribution in [-0.2, 0) is 0 Å². The number of aliphatic hydroxyl groups excluding tert-OH is 1. The van der Waals surface area contributed by atoms with Gasteiger partial charge in [-0.05, 0) is 38.5 Å². The van der Waals surface area contributed by atoms with E-state index < -0.39 is 0 Å². The Balaban J connectivity index is 0.00000441. The van der Waals surface area contributed by atoms with Gasteiger partial charge in [0.15, 0.2) is 0 Å². The topological polar surface area (TPSA) is 20.2 Å². The maximum absolute atomic E-state index is 9.44. The molecular formula is C19H40BrNO. The normalized spacial score (nSPS) is 18.7. The lowest BCUT2D eigenvalue weighted by atomic mass is 9.92. The fraction of sp³-hybridized carbons (Fsp3) is 1.00. The lowest BCUT2D eigenvalue weighted by molar-refractivity contribution is -0.935. The molecule has 0 aliphatic heterocycles. The van der Waals surface area contributed by atoms with Crippen LogP contribution in [0.25, 0.3) is 0 Å². The van der Waals surface area contributed by atoms with Gasteiger partial charge in [0.1, 0.15) is 6.54 Å². The van der Waals surface area contributed by atoms with E-state index in [-0.39, 0.29) is 17.0 Å². The molecule has 0 bridgehead atoms. The van der Waals surface area contributed by atoms with E-state index in [1.54, 1.807) is 0 Å². The summed E-state index contributed by atoms with van der Waals surface area (Å²) < 4.78 is 1.13. The zero-order chi connectivity index (χ0) is 15.4. The number of quaternary nitrogens is 1. The summed E-state index contributed by atoms with van der Waals surface area (Å²) in [6.45, 7) is 4.87. The maximum Gasteiger partial charge on any atom is 0.102 e. The lowest BCUT2D eigenvalue weighted by Gasteiger charge is -2.43. The second-order valence-electron chi connectivity index (χ2n) is 7.42. The van der Waals surface area contributed by atoms with Crippen molar-refractivity contribution in [1.29, 1.82) is 0 Å². The van der Waals surface area contributed by atoms with Crippen molar-refractivity contribution in [3.63, 3.8) is 0 Å². The molecule has 22 heavy (non-hydrogen) atoms. The zero-order valence-corrected chi connectivity index (χ0v) is 16.7. The Morgan fingerprint density at radius 3 is 1.91 bits per heavy atom. The molecule has 1 fully saturated rings. The van der Waals surface area contributed by atoms with Crippen molar-refractivity contribution in [2.75, 3.05) is 26.7 Å². The molecule has 1 aliphatic rings. The van der Waals surface area contributed by atoms with Gasteiger partial charge in [-0.1, -0.05) is 51.9 Å². The average Bonchev–Trinajstić information content (AvgIpc) is 2.51. The smallest absolute Gasteiger partial charge is 0.102 e. The Kier molecular flexibility index (Phi) is 14.1. The first-order valence-corrected chi connectivity index (χ1v) is 9.68. The fourth-order valence-electron chi connectivity index (χ4n) is 4.02. The first kappa shape index (κ1) is 22.4. The summed E-state index contributed by atoms with van der Waals surface area (Å²) in [5.41, 5.74) is 0. The number of unbranched alkanes of at least 4 members (excludes halogenated alkanes) is 7. The number of hydrogen-bond donors (Lipinski definition) is 1. The highest BCUT2D eigenvalue weighted by Gasteiger charge is 2.32. The molecule has 1 saturated carbocycles. The minimum absolute atomic E-state index is 0. The summed E-state index contributed by atoms with van der Waals surface area (Å²) in [5, 5.41) is 9.44. The molecule has 0 aromatic heterocycles. The Hall–Kier alpha value is 0.400. The van der Waals surface area contributed by atoms with Crippen LogP contribution in [-0.4, -0.2) is 42.4 Å². The highest BCUT2D eigenvalue weighted by molar-refractivity contribution is 4.67. The molecule has 1 aliphatic carbocycles. The number of nitrogens with zero attached hydrogens (tertiary/aromatic N) is 1. The zero-order valence-electron chi connectivity index (χ0n) is 15.2. The molecule has 0 aromatic rings. The van der Waals surface area contributed by atoms with Crippen LogP contribution in [0.3, 0.4) is 0 Å². The van der Waals surface area contributed by atoms with Gasteiger partial charge in [-0.3, -0.25) is 0 Å². The molecule has 3 heteroatoms. The van der Waals surface area contributed by atoms with Crippen LogP contribution in [0.2, 0.25) is 0 Å². The van der Waals surface area contributed by atoms with Gasteiger partial charge in [-0.25, -0.2) is 0 Å². The maximum atomic E-state index is 9.44. The molecule has 0 radical (unpaired) electrons. The van der Waals surface area contributed by atoms with Gasteiger partial charge >= 0.3 is 0 Å². The van der Waals surface area contributed by atoms with Crippen molar-refractivity contribution in [3.8, 4) is 0 Å². The Morgan fingerprint density at radius 1 is 0.818 bits per heavy atom. The molecule has 0 saturated heterocycles. The van der Waals surface area contributed by atoms with Crippen molar-refractivity contribution in [2.24, 2.45) is 0 Å². The largest absolute Gasteiger partial charge is 1.00 e. The van der Waals surface area contributed by atoms with Crippen LogP contribution in [0.4, 0.5) is 0 Å². The number of halogens is 1. The van der Waals surface area contributed by atoms with Crippen LogP contribution in [0, 0.1) is 0 Å². The molecule has 1 N–H and O–H groups in total. The van der Waals surface area contributed by atoms with E-state index >= 15 is 0 Å². The van der Waals surface area contributed by atoms with E-state index in [2.05, 4.69) is 14.0 Å². The predicted molar refractivity (Wildman–Crippen MR) is 92.5 cm³/mol. The van der Waals surface area contributed by atoms with E-state index in [0.717, 1.165) is 17.1 Å². The van der Waals surface area contributed by atoms with Crippen molar-refractivity contribution < 1.29 is 26.6 Å². The van der Waals surface area contributed by atoms with Crippen LogP contribution in [0.1, 0.15) is 90.4 Å². The first-order valence-electron chi connectivity index (χ1n) is 9.68. The van der Waals surface area contributed by atoms with Crippen molar-refractivity contribution in [3.05, 3.63) is 0 Å². The molecule has 1 atom stereocenters. The molecule has 1 rings (SSSR count). The second-order valence-corrected chi connectivity index (χ2v) is 7.42. The molecule has 2 nitrogen and oxygen atoms in total. The summed E-state index contributed by atoms with van der Waals surface area (Å²) in [6, 6.07) is 0.815. The molecule has 0 spiro atoms. The third kappa shape index (κ3) is 8.88. The Bertz CT molecular complexity index is 244. The summed E-state index contributed by atoms with van der Waals surface area (Å²) in [6.07, 6.45) is 18.2. The van der Waals surface area contributed by atoms with Crippen LogP contribution in [0.15, 0.2) is 0 Å². The second kappa shape index (κ2) is 13.8. The van der Waals surface area contributed by atoms with Crippen molar-refractivity contribution in [1.82, 2.24) is 0 Å². The quantitative estimate of drug-likeness (QED) is 0.406. The lowest BCUT2D eigenvalue weighted by Crippen LogP contribution is -3.00. The molecule has 0 aromatic carbocycles. The van der Waals surface area contributed by atoms with Crippen LogP contribution < -0.4 is 17.0 Å². The van der Waals surface area contributed by atoms with Gasteiger partial charge in [-0.2, -0.15) is 0 Å². The molecule has 0 heterocycles. The summed E-state index contributed by atoms with van der Waals surface area (Å²) >= 11 is 0. The van der Waals surface area contributed by atoms with Gasteiger partial charge in [0.2, 0.25) is 0 Å². The summed E-state index contributed by atoms with van der Waals surface area (Å²) in [5.74, 6) is 0. The Morgan fingerprint density at radius 2 is 1.36 bits per heavy atom. The predicted octanol–water partition coefficient (Wildman–Crippen LogP) is 1.90. The monoisotopic (exact) mass is 377 g/mol. The van der Waals surface area contributed by atoms with Crippen molar-refractivity contribution >= 4 is 0 Å². The molecular weight excluding hydrogens is 338 g/mol. The molecule has 134 valence electrons. The number of rotatable bonds is 12. The molecule has 0 amide bonds. The minimum atomic E-state index is 0. The third-order valence-electron chi connectivity index (χ3n) is 5.59. The summed E-state index contributed by atoms with van der Waals surface area (Å²) in [7, 11) is 2.40. The molecule has 1 unspecified atom stereocenters. The van der Waals surface area contributed by atoms with Crippen molar-refractivity contribution in [2.45, 2.75) is 96.4 Å². The van der Waals surface area contributed by atoms with Gasteiger partial charge < -0.3 is 26.6 Å². The minimum Gasteiger partial charge on any atom is -1.00 e. The number of aliphatic hydroxyl groups is 1. The standard InChI is InChI=1S/C19H40NO.BrH/c1-3-4-5-6-7-8-9-13-16-20(2,17-18-21)19-14-11-10-12-15-19;/h19,21H,3-18H2,1-2H3;1H/q+1;/p-1. The van der Waals surface area contributed by atoms with E-state index in [9.17, 15) is 5.11 Å². The average molecular weight is 378 g/mol. The fourth-order valence-corrected chi connectivity index (χ4v) is 4.02. The van der Waals surface area contributed by atoms with Gasteiger partial charge in [0.05, 0.1) is 26.2 Å². The van der Waals surface area contributed by atoms with E-state index in [0.29, 0.717) is 6.61 Å². The van der Waals surface area contributed by atoms with E-state index in [4.69, 9.17) is 0 Å². The van der Waals surface area contributed by atoms with E-state index in [1.165, 1.54) is 90.0 Å². The Labute approximate surface area is 150 Å². The van der Waals surface area contributed by atoms with E-state index in [1.807, 2.05) is 0 Å². The number of hydrogen-bond acceptors (Lipinski definition) is 1.